The summed E-state index contributed by atoms with van der Waals surface area (Å²) in [4.78, 5) is 36.7. The van der Waals surface area contributed by atoms with Crippen LogP contribution in [0.25, 0.3) is 11.2 Å². The van der Waals surface area contributed by atoms with Crippen LogP contribution < -0.4 is 20.7 Å². The molecule has 262 valence electrons. The first-order valence-electron chi connectivity index (χ1n) is 15.5. The summed E-state index contributed by atoms with van der Waals surface area (Å²) in [6.45, 7) is 0.553. The van der Waals surface area contributed by atoms with Crippen molar-refractivity contribution in [2.24, 2.45) is 11.3 Å². The largest absolute Gasteiger partial charge is 0.471 e. The summed E-state index contributed by atoms with van der Waals surface area (Å²) in [5, 5.41) is 7.58. The van der Waals surface area contributed by atoms with Gasteiger partial charge in [-0.15, -0.1) is 0 Å². The number of hydrogen-bond donors (Lipinski definition) is 4. The lowest BCUT2D eigenvalue weighted by atomic mass is 9.84. The number of carbonyl (C=O) groups is 2. The SMILES string of the molecule is CC1CCC(NC(=O)c2cc3[nH]c(Nc4cc(CNC(=O)C5(C(F)(F)F)CCCC5)ccc4C(F)(F)F)nc3nc2OCC(F)F)CC1. The minimum absolute atomic E-state index is 0.0714. The fourth-order valence-corrected chi connectivity index (χ4v) is 6.22. The second-order valence-corrected chi connectivity index (χ2v) is 12.4. The smallest absolute Gasteiger partial charge is 0.418 e. The average molecular weight is 691 g/mol. The lowest BCUT2D eigenvalue weighted by Crippen LogP contribution is -2.48. The Morgan fingerprint density at radius 1 is 1.02 bits per heavy atom. The Morgan fingerprint density at radius 3 is 2.33 bits per heavy atom. The third-order valence-corrected chi connectivity index (χ3v) is 8.91. The Labute approximate surface area is 269 Å². The van der Waals surface area contributed by atoms with Gasteiger partial charge in [-0.2, -0.15) is 36.3 Å². The van der Waals surface area contributed by atoms with Crippen LogP contribution in [0.3, 0.4) is 0 Å². The molecular weight excluding hydrogens is 656 g/mol. The van der Waals surface area contributed by atoms with Gasteiger partial charge in [0.25, 0.3) is 12.3 Å². The molecule has 2 fully saturated rings. The van der Waals surface area contributed by atoms with Gasteiger partial charge in [0.05, 0.1) is 16.8 Å². The molecule has 5 rings (SSSR count). The number of benzene rings is 1. The number of rotatable bonds is 10. The van der Waals surface area contributed by atoms with Crippen LogP contribution in [0.5, 0.6) is 5.88 Å². The number of halogens is 8. The van der Waals surface area contributed by atoms with E-state index in [9.17, 15) is 44.7 Å². The van der Waals surface area contributed by atoms with Crippen LogP contribution >= 0.6 is 0 Å². The number of nitrogens with one attached hydrogen (secondary N) is 4. The normalized spacial score (nSPS) is 19.8. The van der Waals surface area contributed by atoms with Crippen molar-refractivity contribution in [3.05, 3.63) is 41.0 Å². The number of pyridine rings is 1. The number of nitrogens with zero attached hydrogens (tertiary/aromatic N) is 2. The van der Waals surface area contributed by atoms with E-state index in [1.165, 1.54) is 6.07 Å². The third kappa shape index (κ3) is 7.75. The highest BCUT2D eigenvalue weighted by molar-refractivity contribution is 5.99. The number of amides is 2. The molecule has 0 atom stereocenters. The van der Waals surface area contributed by atoms with Gasteiger partial charge in [0.2, 0.25) is 17.7 Å². The monoisotopic (exact) mass is 690 g/mol. The maximum atomic E-state index is 13.9. The first-order valence-corrected chi connectivity index (χ1v) is 15.5. The maximum absolute atomic E-state index is 13.9. The van der Waals surface area contributed by atoms with E-state index in [1.54, 1.807) is 0 Å². The molecule has 2 amide bonds. The summed E-state index contributed by atoms with van der Waals surface area (Å²) < 4.78 is 114. The number of imidazole rings is 1. The molecule has 4 N–H and O–H groups in total. The van der Waals surface area contributed by atoms with Crippen LogP contribution in [-0.4, -0.2) is 52.0 Å². The molecule has 2 aliphatic carbocycles. The van der Waals surface area contributed by atoms with Crippen LogP contribution in [0.1, 0.15) is 79.8 Å². The number of alkyl halides is 8. The van der Waals surface area contributed by atoms with Crippen molar-refractivity contribution >= 4 is 34.6 Å². The van der Waals surface area contributed by atoms with E-state index in [4.69, 9.17) is 4.74 Å². The highest BCUT2D eigenvalue weighted by atomic mass is 19.4. The van der Waals surface area contributed by atoms with Crippen LogP contribution in [0.15, 0.2) is 24.3 Å². The molecule has 2 aromatic heterocycles. The fraction of sp³-hybridized carbons (Fsp3) is 0.548. The van der Waals surface area contributed by atoms with Crippen LogP contribution in [0.4, 0.5) is 46.8 Å². The molecule has 0 unspecified atom stereocenters. The van der Waals surface area contributed by atoms with Crippen molar-refractivity contribution in [1.82, 2.24) is 25.6 Å². The number of anilines is 2. The molecule has 2 aliphatic rings. The van der Waals surface area contributed by atoms with E-state index >= 15 is 0 Å². The van der Waals surface area contributed by atoms with Gasteiger partial charge in [-0.1, -0.05) is 25.8 Å². The Bertz CT molecular complexity index is 1630. The summed E-state index contributed by atoms with van der Waals surface area (Å²) in [6, 6.07) is 3.86. The molecule has 2 saturated carbocycles. The van der Waals surface area contributed by atoms with E-state index < -0.39 is 66.3 Å². The lowest BCUT2D eigenvalue weighted by Gasteiger charge is -2.30. The second-order valence-electron chi connectivity index (χ2n) is 12.4. The summed E-state index contributed by atoms with van der Waals surface area (Å²) in [5.41, 5.74) is -4.42. The molecule has 1 aromatic carbocycles. The summed E-state index contributed by atoms with van der Waals surface area (Å²) >= 11 is 0. The first kappa shape index (κ1) is 35.1. The Hall–Kier alpha value is -4.18. The zero-order valence-electron chi connectivity index (χ0n) is 25.8. The average Bonchev–Trinajstić information content (AvgIpc) is 3.67. The number of fused-ring (bicyclic) bond motifs is 1. The van der Waals surface area contributed by atoms with Crippen LogP contribution in [-0.2, 0) is 17.5 Å². The highest BCUT2D eigenvalue weighted by Gasteiger charge is 2.60. The predicted molar refractivity (Wildman–Crippen MR) is 158 cm³/mol. The zero-order chi connectivity index (χ0) is 34.9. The van der Waals surface area contributed by atoms with Gasteiger partial charge < -0.3 is 25.7 Å². The van der Waals surface area contributed by atoms with Gasteiger partial charge in [-0.05, 0) is 68.2 Å². The highest BCUT2D eigenvalue weighted by Crippen LogP contribution is 2.50. The number of ether oxygens (including phenoxy) is 1. The number of aromatic nitrogens is 3. The van der Waals surface area contributed by atoms with Gasteiger partial charge in [0, 0.05) is 12.6 Å². The van der Waals surface area contributed by atoms with Crippen LogP contribution in [0.2, 0.25) is 0 Å². The van der Waals surface area contributed by atoms with Gasteiger partial charge in [-0.3, -0.25) is 9.59 Å². The molecule has 2 heterocycles. The third-order valence-electron chi connectivity index (χ3n) is 8.91. The molecule has 0 spiro atoms. The molecule has 48 heavy (non-hydrogen) atoms. The summed E-state index contributed by atoms with van der Waals surface area (Å²) in [7, 11) is 0. The van der Waals surface area contributed by atoms with E-state index in [0.717, 1.165) is 37.8 Å². The van der Waals surface area contributed by atoms with Crippen molar-refractivity contribution in [2.75, 3.05) is 11.9 Å². The Morgan fingerprint density at radius 2 is 1.71 bits per heavy atom. The van der Waals surface area contributed by atoms with E-state index in [0.29, 0.717) is 12.0 Å². The maximum Gasteiger partial charge on any atom is 0.418 e. The molecule has 0 bridgehead atoms. The number of carbonyl (C=O) groups excluding carboxylic acids is 2. The molecular formula is C31H34F8N6O3. The Kier molecular flexibility index (Phi) is 10.1. The van der Waals surface area contributed by atoms with Gasteiger partial charge in [0.15, 0.2) is 12.3 Å². The molecule has 0 radical (unpaired) electrons. The number of hydrogen-bond acceptors (Lipinski definition) is 6. The van der Waals surface area contributed by atoms with Crippen molar-refractivity contribution < 1.29 is 49.4 Å². The quantitative estimate of drug-likeness (QED) is 0.165. The minimum atomic E-state index is -4.86. The van der Waals surface area contributed by atoms with Crippen molar-refractivity contribution in [1.29, 1.82) is 0 Å². The van der Waals surface area contributed by atoms with Gasteiger partial charge in [0.1, 0.15) is 11.0 Å². The fourth-order valence-electron chi connectivity index (χ4n) is 6.22. The van der Waals surface area contributed by atoms with Crippen molar-refractivity contribution in [3.8, 4) is 5.88 Å². The summed E-state index contributed by atoms with van der Waals surface area (Å²) in [6.07, 6.45) is -9.60. The van der Waals surface area contributed by atoms with Crippen molar-refractivity contribution in [2.45, 2.75) is 89.7 Å². The standard InChI is InChI=1S/C31H34F8N6O3/c1-16-4-7-18(8-5-16)41-25(46)19-13-22-24(44-26(19)48-15-23(32)33)45-28(43-22)42-21-12-17(6-9-20(21)30(34,35)36)14-40-27(47)29(31(37,38)39)10-2-3-11-29/h6,9,12-13,16,18,23H,2-5,7-8,10-11,14-15H2,1H3,(H,40,47)(H,41,46)(H2,42,43,44,45). The zero-order valence-corrected chi connectivity index (χ0v) is 25.8. The number of aromatic amines is 1. The molecule has 3 aromatic rings. The van der Waals surface area contributed by atoms with Gasteiger partial charge in [-0.25, -0.2) is 8.78 Å². The predicted octanol–water partition coefficient (Wildman–Crippen LogP) is 7.41. The Balaban J connectivity index is 1.40. The van der Waals surface area contributed by atoms with E-state index in [2.05, 4.69) is 37.8 Å². The van der Waals surface area contributed by atoms with Crippen molar-refractivity contribution in [3.63, 3.8) is 0 Å². The van der Waals surface area contributed by atoms with E-state index in [-0.39, 0.29) is 60.0 Å². The topological polar surface area (TPSA) is 121 Å². The molecule has 0 aliphatic heterocycles. The molecule has 9 nitrogen and oxygen atoms in total. The second kappa shape index (κ2) is 13.7. The molecule has 17 heteroatoms. The summed E-state index contributed by atoms with van der Waals surface area (Å²) in [5.74, 6) is -2.07. The first-order chi connectivity index (χ1) is 22.6. The molecule has 0 saturated heterocycles. The number of H-pyrrole nitrogens is 1. The van der Waals surface area contributed by atoms with Gasteiger partial charge >= 0.3 is 12.4 Å². The van der Waals surface area contributed by atoms with Crippen LogP contribution in [0, 0.1) is 11.3 Å². The lowest BCUT2D eigenvalue weighted by molar-refractivity contribution is -0.220. The van der Waals surface area contributed by atoms with E-state index in [1.807, 2.05) is 0 Å². The minimum Gasteiger partial charge on any atom is -0.471 e.